The number of carbonyl (C=O) groups is 6. The van der Waals surface area contributed by atoms with E-state index in [2.05, 4.69) is 0 Å². The van der Waals surface area contributed by atoms with Crippen LogP contribution < -0.4 is 9.80 Å². The Bertz CT molecular complexity index is 1740. The lowest BCUT2D eigenvalue weighted by atomic mass is 9.88. The number of hydrogen-bond acceptors (Lipinski definition) is 6. The first kappa shape index (κ1) is 26.5. The largest absolute Gasteiger partial charge is 0.478 e. The molecule has 0 radical (unpaired) electrons. The van der Waals surface area contributed by atoms with Crippen LogP contribution >= 0.6 is 11.6 Å². The monoisotopic (exact) mass is 558 g/mol. The number of carboxylic acids is 2. The molecule has 5 rings (SSSR count). The van der Waals surface area contributed by atoms with Crippen LogP contribution in [0.3, 0.4) is 0 Å². The highest BCUT2D eigenvalue weighted by molar-refractivity contribution is 6.34. The second-order valence-corrected chi connectivity index (χ2v) is 9.65. The molecule has 3 amide bonds. The molecule has 2 aliphatic rings. The Hall–Kier alpha value is -5.09. The third-order valence-electron chi connectivity index (χ3n) is 6.95. The number of nitrogens with zero attached hydrogens (tertiary/aromatic N) is 2. The first-order valence-electron chi connectivity index (χ1n) is 11.9. The lowest BCUT2D eigenvalue weighted by Gasteiger charge is -2.21. The highest BCUT2D eigenvalue weighted by atomic mass is 35.5. The predicted molar refractivity (Wildman–Crippen MR) is 145 cm³/mol. The molecule has 2 N–H and O–H groups in total. The van der Waals surface area contributed by atoms with E-state index in [-0.39, 0.29) is 44.0 Å². The van der Waals surface area contributed by atoms with E-state index >= 15 is 0 Å². The summed E-state index contributed by atoms with van der Waals surface area (Å²) in [5.41, 5.74) is 0.213. The quantitative estimate of drug-likeness (QED) is 0.341. The molecule has 0 spiro atoms. The van der Waals surface area contributed by atoms with Crippen molar-refractivity contribution in [3.05, 3.63) is 94.0 Å². The van der Waals surface area contributed by atoms with Gasteiger partial charge in [-0.2, -0.15) is 0 Å². The molecule has 11 heteroatoms. The fourth-order valence-electron chi connectivity index (χ4n) is 4.98. The smallest absolute Gasteiger partial charge is 0.335 e. The van der Waals surface area contributed by atoms with Gasteiger partial charge in [0.05, 0.1) is 39.4 Å². The van der Waals surface area contributed by atoms with E-state index in [0.29, 0.717) is 11.7 Å². The number of hydrogen-bond donors (Lipinski definition) is 2. The molecule has 1 aliphatic carbocycles. The van der Waals surface area contributed by atoms with Crippen LogP contribution in [0.15, 0.2) is 72.3 Å². The zero-order valence-corrected chi connectivity index (χ0v) is 21.5. The van der Waals surface area contributed by atoms with Gasteiger partial charge in [-0.3, -0.25) is 19.2 Å². The number of anilines is 2. The molecule has 40 heavy (non-hydrogen) atoms. The maximum Gasteiger partial charge on any atom is 0.335 e. The minimum Gasteiger partial charge on any atom is -0.478 e. The summed E-state index contributed by atoms with van der Waals surface area (Å²) in [5.74, 6) is -6.07. The van der Waals surface area contributed by atoms with Crippen molar-refractivity contribution in [2.75, 3.05) is 16.8 Å². The van der Waals surface area contributed by atoms with Crippen molar-refractivity contribution >= 4 is 69.7 Å². The van der Waals surface area contributed by atoms with E-state index in [1.807, 2.05) is 0 Å². The number of aliphatic carboxylic acids is 1. The molecule has 10 nitrogen and oxygen atoms in total. The van der Waals surface area contributed by atoms with Crippen molar-refractivity contribution in [2.24, 2.45) is 11.8 Å². The third kappa shape index (κ3) is 4.24. The van der Waals surface area contributed by atoms with Crippen molar-refractivity contribution < 1.29 is 39.0 Å². The summed E-state index contributed by atoms with van der Waals surface area (Å²) in [4.78, 5) is 77.1. The standard InChI is InChI=1S/C29H19ClN2O8/c1-31(23-12-16(29(39)40)6-8-22(23)30)25(34)20-4-2-3-14-9-18(10-17(13-33)24(14)20)32-26(35)19-7-5-15(28(37)38)11-21(19)27(32)36/h2-13,19,21H,1H3,(H,37,38)(H,39,40). The fraction of sp³-hybridized carbons (Fsp3) is 0.103. The number of benzene rings is 3. The number of halogens is 1. The van der Waals surface area contributed by atoms with Gasteiger partial charge in [-0.05, 0) is 41.8 Å². The van der Waals surface area contributed by atoms with Crippen LogP contribution in [-0.4, -0.2) is 53.2 Å². The van der Waals surface area contributed by atoms with Crippen LogP contribution in [0.25, 0.3) is 10.8 Å². The van der Waals surface area contributed by atoms with Gasteiger partial charge in [0.25, 0.3) is 5.91 Å². The number of aromatic carboxylic acids is 1. The normalized spacial score (nSPS) is 17.9. The summed E-state index contributed by atoms with van der Waals surface area (Å²) in [6, 6.07) is 11.4. The second kappa shape index (κ2) is 9.90. The van der Waals surface area contributed by atoms with Gasteiger partial charge < -0.3 is 15.1 Å². The average Bonchev–Trinajstić information content (AvgIpc) is 3.20. The Morgan fingerprint density at radius 1 is 0.975 bits per heavy atom. The lowest BCUT2D eigenvalue weighted by molar-refractivity contribution is -0.132. The van der Waals surface area contributed by atoms with E-state index in [9.17, 15) is 39.0 Å². The average molecular weight is 559 g/mol. The maximum absolute atomic E-state index is 13.6. The molecule has 1 heterocycles. The second-order valence-electron chi connectivity index (χ2n) is 9.24. The van der Waals surface area contributed by atoms with E-state index in [1.165, 1.54) is 66.6 Å². The Balaban J connectivity index is 1.57. The summed E-state index contributed by atoms with van der Waals surface area (Å²) < 4.78 is 0. The molecule has 2 unspecified atom stereocenters. The zero-order chi connectivity index (χ0) is 28.9. The zero-order valence-electron chi connectivity index (χ0n) is 20.7. The van der Waals surface area contributed by atoms with Crippen LogP contribution in [0.2, 0.25) is 5.02 Å². The molecule has 1 aliphatic heterocycles. The number of aldehydes is 1. The van der Waals surface area contributed by atoms with E-state index in [4.69, 9.17) is 11.6 Å². The topological polar surface area (TPSA) is 149 Å². The van der Waals surface area contributed by atoms with Crippen LogP contribution in [0.1, 0.15) is 31.1 Å². The fourth-order valence-corrected chi connectivity index (χ4v) is 5.23. The van der Waals surface area contributed by atoms with Crippen molar-refractivity contribution in [1.82, 2.24) is 0 Å². The van der Waals surface area contributed by atoms with E-state index in [0.717, 1.165) is 4.90 Å². The maximum atomic E-state index is 13.6. The van der Waals surface area contributed by atoms with E-state index in [1.54, 1.807) is 12.1 Å². The Morgan fingerprint density at radius 2 is 1.70 bits per heavy atom. The van der Waals surface area contributed by atoms with Gasteiger partial charge in [0.2, 0.25) is 11.8 Å². The van der Waals surface area contributed by atoms with Crippen LogP contribution in [0, 0.1) is 11.8 Å². The lowest BCUT2D eigenvalue weighted by Crippen LogP contribution is -2.31. The van der Waals surface area contributed by atoms with Crippen molar-refractivity contribution in [3.8, 4) is 0 Å². The van der Waals surface area contributed by atoms with Crippen molar-refractivity contribution in [2.45, 2.75) is 0 Å². The number of carbonyl (C=O) groups excluding carboxylic acids is 4. The number of carboxylic acid groups (broad SMARTS) is 2. The minimum atomic E-state index is -1.22. The Kier molecular flexibility index (Phi) is 6.56. The highest BCUT2D eigenvalue weighted by Gasteiger charge is 2.47. The van der Waals surface area contributed by atoms with Crippen LogP contribution in [-0.2, 0) is 14.4 Å². The van der Waals surface area contributed by atoms with E-state index < -0.39 is 41.5 Å². The molecule has 2 atom stereocenters. The summed E-state index contributed by atoms with van der Waals surface area (Å²) in [6.07, 6.45) is 4.41. The molecule has 3 aromatic carbocycles. The molecule has 1 saturated heterocycles. The van der Waals surface area contributed by atoms with Gasteiger partial charge in [-0.15, -0.1) is 0 Å². The molecule has 0 aromatic heterocycles. The molecule has 0 saturated carbocycles. The van der Waals surface area contributed by atoms with Gasteiger partial charge >= 0.3 is 11.9 Å². The third-order valence-corrected chi connectivity index (χ3v) is 7.27. The van der Waals surface area contributed by atoms with Gasteiger partial charge in [-0.1, -0.05) is 42.0 Å². The van der Waals surface area contributed by atoms with Gasteiger partial charge in [0.15, 0.2) is 6.29 Å². The first-order chi connectivity index (χ1) is 19.0. The number of fused-ring (bicyclic) bond motifs is 2. The molecular weight excluding hydrogens is 540 g/mol. The molecule has 3 aromatic rings. The number of amides is 3. The first-order valence-corrected chi connectivity index (χ1v) is 12.2. The Labute approximate surface area is 231 Å². The summed E-state index contributed by atoms with van der Waals surface area (Å²) >= 11 is 6.25. The van der Waals surface area contributed by atoms with Gasteiger partial charge in [-0.25, -0.2) is 14.5 Å². The van der Waals surface area contributed by atoms with Crippen molar-refractivity contribution in [1.29, 1.82) is 0 Å². The van der Waals surface area contributed by atoms with Crippen LogP contribution in [0.5, 0.6) is 0 Å². The van der Waals surface area contributed by atoms with Gasteiger partial charge in [0, 0.05) is 23.6 Å². The molecular formula is C29H19ClN2O8. The van der Waals surface area contributed by atoms with Crippen LogP contribution in [0.4, 0.5) is 11.4 Å². The summed E-state index contributed by atoms with van der Waals surface area (Å²) in [5, 5.41) is 19.4. The van der Waals surface area contributed by atoms with Crippen molar-refractivity contribution in [3.63, 3.8) is 0 Å². The van der Waals surface area contributed by atoms with Gasteiger partial charge in [0.1, 0.15) is 0 Å². The number of rotatable bonds is 6. The predicted octanol–water partition coefficient (Wildman–Crippen LogP) is 3.97. The summed E-state index contributed by atoms with van der Waals surface area (Å²) in [7, 11) is 1.42. The number of imide groups is 1. The Morgan fingerprint density at radius 3 is 2.38 bits per heavy atom. The minimum absolute atomic E-state index is 0.0306. The summed E-state index contributed by atoms with van der Waals surface area (Å²) in [6.45, 7) is 0. The SMILES string of the molecule is CN(C(=O)c1cccc2cc(N3C(=O)C4C=CC(C(=O)O)=CC4C3=O)cc(C=O)c12)c1cc(C(=O)O)ccc1Cl. The highest BCUT2D eigenvalue weighted by Crippen LogP contribution is 2.38. The molecule has 0 bridgehead atoms. The molecule has 200 valence electrons. The molecule has 1 fully saturated rings.